The summed E-state index contributed by atoms with van der Waals surface area (Å²) < 4.78 is 19.0. The second-order valence-electron chi connectivity index (χ2n) is 7.53. The second-order valence-corrected chi connectivity index (χ2v) is 7.53. The molecule has 1 aliphatic rings. The summed E-state index contributed by atoms with van der Waals surface area (Å²) in [6, 6.07) is 15.1. The zero-order chi connectivity index (χ0) is 22.5. The molecule has 2 aromatic carbocycles. The normalized spacial score (nSPS) is 17.9. The van der Waals surface area contributed by atoms with Gasteiger partial charge in [-0.2, -0.15) is 4.98 Å². The van der Waals surface area contributed by atoms with Crippen molar-refractivity contribution >= 4 is 5.91 Å². The van der Waals surface area contributed by atoms with Gasteiger partial charge in [0.05, 0.1) is 18.8 Å². The van der Waals surface area contributed by atoms with Gasteiger partial charge in [0.1, 0.15) is 5.82 Å². The molecule has 0 saturated carbocycles. The van der Waals surface area contributed by atoms with Crippen LogP contribution in [0.25, 0.3) is 0 Å². The Labute approximate surface area is 184 Å². The number of aromatic nitrogens is 2. The molecule has 1 amide bonds. The molecule has 4 rings (SSSR count). The number of hydrogen-bond donors (Lipinski definition) is 4. The lowest BCUT2D eigenvalue weighted by Gasteiger charge is -2.13. The van der Waals surface area contributed by atoms with Crippen LogP contribution in [0.1, 0.15) is 39.9 Å². The summed E-state index contributed by atoms with van der Waals surface area (Å²) in [5.74, 6) is -2.23. The first-order chi connectivity index (χ1) is 15.5. The number of carbonyl (C=O) groups is 1. The van der Waals surface area contributed by atoms with Crippen LogP contribution in [-0.2, 0) is 17.9 Å². The van der Waals surface area contributed by atoms with Gasteiger partial charge in [-0.05, 0) is 29.7 Å². The number of carbonyl (C=O) groups excluding carboxylic acids is 1. The van der Waals surface area contributed by atoms with E-state index in [1.54, 1.807) is 0 Å². The molecule has 4 N–H and O–H groups in total. The van der Waals surface area contributed by atoms with Crippen LogP contribution >= 0.6 is 0 Å². The van der Waals surface area contributed by atoms with Crippen LogP contribution in [0.3, 0.4) is 0 Å². The molecule has 3 aromatic rings. The standard InChI is InChI=1S/C23H23FN4O4/c24-16-8-6-14(7-9-16)11-26-22(30)19-20(29)23(31)28-21(27-19)18-10-17(12-25-18)32-13-15-4-2-1-3-5-15/h1-9,17-18,25,29H,10-13H2,(H,26,30)(H,27,28,31)/t17-,18+/m1/s1. The van der Waals surface area contributed by atoms with Crippen molar-refractivity contribution in [2.45, 2.75) is 31.7 Å². The monoisotopic (exact) mass is 438 g/mol. The Morgan fingerprint density at radius 1 is 1.09 bits per heavy atom. The van der Waals surface area contributed by atoms with Gasteiger partial charge in [-0.1, -0.05) is 42.5 Å². The molecule has 1 aliphatic heterocycles. The number of aromatic hydroxyl groups is 2. The third kappa shape index (κ3) is 5.19. The van der Waals surface area contributed by atoms with Crippen LogP contribution in [-0.4, -0.2) is 38.7 Å². The van der Waals surface area contributed by atoms with Crippen LogP contribution in [0.2, 0.25) is 0 Å². The fraction of sp³-hybridized carbons (Fsp3) is 0.261. The van der Waals surface area contributed by atoms with Gasteiger partial charge in [0, 0.05) is 13.1 Å². The number of ether oxygens (including phenoxy) is 1. The Balaban J connectivity index is 1.40. The molecule has 9 heteroatoms. The van der Waals surface area contributed by atoms with E-state index in [1.807, 2.05) is 30.3 Å². The molecule has 0 radical (unpaired) electrons. The van der Waals surface area contributed by atoms with E-state index in [9.17, 15) is 19.4 Å². The molecule has 1 aromatic heterocycles. The van der Waals surface area contributed by atoms with Crippen LogP contribution in [0.5, 0.6) is 11.6 Å². The minimum absolute atomic E-state index is 0.0875. The SMILES string of the molecule is O=C(NCc1ccc(F)cc1)c1nc([C@@H]2C[C@@H](OCc3ccccc3)CN2)nc(O)c1O. The Morgan fingerprint density at radius 2 is 1.84 bits per heavy atom. The van der Waals surface area contributed by atoms with Crippen LogP contribution < -0.4 is 10.6 Å². The van der Waals surface area contributed by atoms with Crippen molar-refractivity contribution in [3.8, 4) is 11.6 Å². The maximum absolute atomic E-state index is 13.0. The summed E-state index contributed by atoms with van der Waals surface area (Å²) in [5.41, 5.74) is 1.41. The van der Waals surface area contributed by atoms with Gasteiger partial charge >= 0.3 is 0 Å². The van der Waals surface area contributed by atoms with E-state index in [2.05, 4.69) is 20.6 Å². The van der Waals surface area contributed by atoms with Crippen molar-refractivity contribution in [2.24, 2.45) is 0 Å². The van der Waals surface area contributed by atoms with Gasteiger partial charge in [0.2, 0.25) is 5.75 Å². The first-order valence-corrected chi connectivity index (χ1v) is 10.2. The largest absolute Gasteiger partial charge is 0.501 e. The highest BCUT2D eigenvalue weighted by Gasteiger charge is 2.30. The lowest BCUT2D eigenvalue weighted by atomic mass is 10.1. The van der Waals surface area contributed by atoms with Gasteiger partial charge in [-0.3, -0.25) is 4.79 Å². The van der Waals surface area contributed by atoms with Gasteiger partial charge in [0.25, 0.3) is 11.8 Å². The highest BCUT2D eigenvalue weighted by atomic mass is 19.1. The molecular formula is C23H23FN4O4. The summed E-state index contributed by atoms with van der Waals surface area (Å²) in [5, 5.41) is 26.0. The van der Waals surface area contributed by atoms with Crippen molar-refractivity contribution in [3.63, 3.8) is 0 Å². The van der Waals surface area contributed by atoms with Crippen LogP contribution in [0, 0.1) is 5.82 Å². The number of hydrogen-bond acceptors (Lipinski definition) is 7. The van der Waals surface area contributed by atoms with E-state index in [1.165, 1.54) is 24.3 Å². The maximum Gasteiger partial charge on any atom is 0.274 e. The zero-order valence-corrected chi connectivity index (χ0v) is 17.2. The van der Waals surface area contributed by atoms with Crippen molar-refractivity contribution in [2.75, 3.05) is 6.54 Å². The van der Waals surface area contributed by atoms with Crippen LogP contribution in [0.4, 0.5) is 4.39 Å². The fourth-order valence-electron chi connectivity index (χ4n) is 3.46. The molecule has 0 aliphatic carbocycles. The predicted molar refractivity (Wildman–Crippen MR) is 113 cm³/mol. The average molecular weight is 438 g/mol. The third-order valence-electron chi connectivity index (χ3n) is 5.20. The molecule has 8 nitrogen and oxygen atoms in total. The van der Waals surface area contributed by atoms with Crippen molar-refractivity contribution < 1.29 is 24.1 Å². The lowest BCUT2D eigenvalue weighted by molar-refractivity contribution is 0.0524. The molecular weight excluding hydrogens is 415 g/mol. The third-order valence-corrected chi connectivity index (χ3v) is 5.20. The van der Waals surface area contributed by atoms with Gasteiger partial charge in [-0.25, -0.2) is 9.37 Å². The number of nitrogens with zero attached hydrogens (tertiary/aromatic N) is 2. The highest BCUT2D eigenvalue weighted by molar-refractivity contribution is 5.95. The van der Waals surface area contributed by atoms with E-state index in [-0.39, 0.29) is 36.0 Å². The first kappa shape index (κ1) is 21.7. The molecule has 1 saturated heterocycles. The average Bonchev–Trinajstić information content (AvgIpc) is 3.28. The van der Waals surface area contributed by atoms with Crippen molar-refractivity contribution in [1.29, 1.82) is 0 Å². The zero-order valence-electron chi connectivity index (χ0n) is 17.2. The van der Waals surface area contributed by atoms with Crippen molar-refractivity contribution in [1.82, 2.24) is 20.6 Å². The number of benzene rings is 2. The summed E-state index contributed by atoms with van der Waals surface area (Å²) in [6.07, 6.45) is 0.462. The maximum atomic E-state index is 13.0. The summed E-state index contributed by atoms with van der Waals surface area (Å²) in [6.45, 7) is 1.14. The van der Waals surface area contributed by atoms with E-state index in [0.29, 0.717) is 25.1 Å². The van der Waals surface area contributed by atoms with Crippen LogP contribution in [0.15, 0.2) is 54.6 Å². The number of amides is 1. The molecule has 0 bridgehead atoms. The molecule has 32 heavy (non-hydrogen) atoms. The molecule has 2 heterocycles. The summed E-state index contributed by atoms with van der Waals surface area (Å²) >= 11 is 0. The predicted octanol–water partition coefficient (Wildman–Crippen LogP) is 2.58. The number of halogens is 1. The topological polar surface area (TPSA) is 117 Å². The minimum Gasteiger partial charge on any atom is -0.501 e. The van der Waals surface area contributed by atoms with E-state index in [0.717, 1.165) is 5.56 Å². The van der Waals surface area contributed by atoms with E-state index in [4.69, 9.17) is 4.74 Å². The summed E-state index contributed by atoms with van der Waals surface area (Å²) in [4.78, 5) is 20.7. The number of rotatable bonds is 7. The molecule has 1 fully saturated rings. The number of nitrogens with one attached hydrogen (secondary N) is 2. The fourth-order valence-corrected chi connectivity index (χ4v) is 3.46. The summed E-state index contributed by atoms with van der Waals surface area (Å²) in [7, 11) is 0. The molecule has 2 atom stereocenters. The van der Waals surface area contributed by atoms with Gasteiger partial charge < -0.3 is 25.6 Å². The first-order valence-electron chi connectivity index (χ1n) is 10.2. The Bertz CT molecular complexity index is 1080. The van der Waals surface area contributed by atoms with E-state index < -0.39 is 17.5 Å². The Kier molecular flexibility index (Phi) is 6.58. The Hall–Kier alpha value is -3.56. The quantitative estimate of drug-likeness (QED) is 0.448. The van der Waals surface area contributed by atoms with Crippen molar-refractivity contribution in [3.05, 3.63) is 83.1 Å². The molecule has 166 valence electrons. The highest BCUT2D eigenvalue weighted by Crippen LogP contribution is 2.30. The molecule has 0 spiro atoms. The Morgan fingerprint density at radius 3 is 2.59 bits per heavy atom. The van der Waals surface area contributed by atoms with Gasteiger partial charge in [-0.15, -0.1) is 0 Å². The molecule has 0 unspecified atom stereocenters. The smallest absolute Gasteiger partial charge is 0.274 e. The van der Waals surface area contributed by atoms with E-state index >= 15 is 0 Å². The lowest BCUT2D eigenvalue weighted by Crippen LogP contribution is -2.25. The second kappa shape index (κ2) is 9.71. The van der Waals surface area contributed by atoms with Gasteiger partial charge in [0.15, 0.2) is 11.5 Å². The minimum atomic E-state index is -0.694.